The van der Waals surface area contributed by atoms with E-state index in [9.17, 15) is 14.0 Å². The summed E-state index contributed by atoms with van der Waals surface area (Å²) in [6, 6.07) is 10.1. The van der Waals surface area contributed by atoms with Gasteiger partial charge in [-0.2, -0.15) is 4.39 Å². The van der Waals surface area contributed by atoms with Crippen molar-refractivity contribution in [3.05, 3.63) is 73.1 Å². The number of fused-ring (bicyclic) bond motifs is 1. The average Bonchev–Trinajstić information content (AvgIpc) is 3.23. The summed E-state index contributed by atoms with van der Waals surface area (Å²) >= 11 is 0. The Morgan fingerprint density at radius 1 is 1.12 bits per heavy atom. The van der Waals surface area contributed by atoms with Gasteiger partial charge in [0.1, 0.15) is 11.4 Å². The number of allylic oxidation sites excluding steroid dienone is 1. The van der Waals surface area contributed by atoms with E-state index in [0.29, 0.717) is 34.6 Å². The normalized spacial score (nSPS) is 11.1. The number of carbonyl (C=O) groups is 2. The van der Waals surface area contributed by atoms with Gasteiger partial charge in [0.15, 0.2) is 0 Å². The Hall–Kier alpha value is -4.33. The van der Waals surface area contributed by atoms with Crippen LogP contribution in [0.1, 0.15) is 6.92 Å². The molecule has 4 rings (SSSR count). The number of carbonyl (C=O) groups excluding carboxylic acids is 2. The van der Waals surface area contributed by atoms with Crippen LogP contribution in [0.2, 0.25) is 0 Å². The number of anilines is 1. The molecule has 3 aromatic heterocycles. The Kier molecular flexibility index (Phi) is 5.76. The molecule has 0 unspecified atom stereocenters. The quantitative estimate of drug-likeness (QED) is 0.276. The van der Waals surface area contributed by atoms with E-state index in [2.05, 4.69) is 15.0 Å². The lowest BCUT2D eigenvalue weighted by atomic mass is 10.0. The van der Waals surface area contributed by atoms with Crippen molar-refractivity contribution in [1.29, 1.82) is 0 Å². The molecule has 8 heteroatoms. The van der Waals surface area contributed by atoms with Crippen molar-refractivity contribution >= 4 is 29.0 Å². The van der Waals surface area contributed by atoms with Crippen LogP contribution in [0.25, 0.3) is 33.3 Å². The fraction of sp³-hybridized carbons (Fsp3) is 0.0833. The SMILES string of the molecule is CC=CC(=O)N(C=O)c1cc(OC)cc(-c2cnc3[nH]cc(-c4ccnc(F)c4)c3c2)c1. The Balaban J connectivity index is 1.84. The van der Waals surface area contributed by atoms with Crippen molar-refractivity contribution in [1.82, 2.24) is 15.0 Å². The fourth-order valence-electron chi connectivity index (χ4n) is 3.44. The van der Waals surface area contributed by atoms with E-state index in [1.54, 1.807) is 49.7 Å². The zero-order valence-corrected chi connectivity index (χ0v) is 17.4. The number of halogens is 1. The van der Waals surface area contributed by atoms with Crippen molar-refractivity contribution in [2.45, 2.75) is 6.92 Å². The van der Waals surface area contributed by atoms with Gasteiger partial charge < -0.3 is 9.72 Å². The lowest BCUT2D eigenvalue weighted by molar-refractivity contribution is -0.118. The van der Waals surface area contributed by atoms with E-state index in [1.807, 2.05) is 6.07 Å². The predicted octanol–water partition coefficient (Wildman–Crippen LogP) is 4.51. The lowest BCUT2D eigenvalue weighted by Gasteiger charge is -2.16. The summed E-state index contributed by atoms with van der Waals surface area (Å²) in [4.78, 5) is 36.1. The molecule has 0 aliphatic heterocycles. The summed E-state index contributed by atoms with van der Waals surface area (Å²) in [7, 11) is 1.51. The summed E-state index contributed by atoms with van der Waals surface area (Å²) < 4.78 is 19.0. The number of amides is 2. The molecule has 4 aromatic rings. The highest BCUT2D eigenvalue weighted by Crippen LogP contribution is 2.34. The number of hydrogen-bond donors (Lipinski definition) is 1. The van der Waals surface area contributed by atoms with Crippen molar-refractivity contribution in [3.8, 4) is 28.0 Å². The summed E-state index contributed by atoms with van der Waals surface area (Å²) in [6.45, 7) is 1.70. The fourth-order valence-corrected chi connectivity index (χ4v) is 3.44. The Bertz CT molecular complexity index is 1350. The van der Waals surface area contributed by atoms with Crippen molar-refractivity contribution in [3.63, 3.8) is 0 Å². The molecule has 160 valence electrons. The molecule has 32 heavy (non-hydrogen) atoms. The number of ether oxygens (including phenoxy) is 1. The Labute approximate surface area is 183 Å². The van der Waals surface area contributed by atoms with Gasteiger partial charge in [0.25, 0.3) is 5.91 Å². The van der Waals surface area contributed by atoms with Crippen LogP contribution in [0.3, 0.4) is 0 Å². The molecule has 0 spiro atoms. The number of hydrogen-bond acceptors (Lipinski definition) is 5. The predicted molar refractivity (Wildman–Crippen MR) is 120 cm³/mol. The number of H-pyrrole nitrogens is 1. The van der Waals surface area contributed by atoms with Gasteiger partial charge in [0.2, 0.25) is 12.4 Å². The minimum atomic E-state index is -0.571. The van der Waals surface area contributed by atoms with E-state index in [4.69, 9.17) is 4.74 Å². The molecule has 2 amide bonds. The molecule has 0 aliphatic carbocycles. The van der Waals surface area contributed by atoms with Gasteiger partial charge in [-0.3, -0.25) is 9.59 Å². The van der Waals surface area contributed by atoms with Gasteiger partial charge >= 0.3 is 0 Å². The molecular formula is C24H19FN4O3. The lowest BCUT2D eigenvalue weighted by Crippen LogP contribution is -2.27. The third-order valence-electron chi connectivity index (χ3n) is 4.96. The first-order valence-corrected chi connectivity index (χ1v) is 9.73. The number of pyridine rings is 2. The second-order valence-corrected chi connectivity index (χ2v) is 6.92. The third kappa shape index (κ3) is 3.98. The number of aromatic amines is 1. The van der Waals surface area contributed by atoms with Crippen molar-refractivity contribution < 1.29 is 18.7 Å². The maximum Gasteiger partial charge on any atom is 0.257 e. The first-order valence-electron chi connectivity index (χ1n) is 9.73. The molecule has 0 bridgehead atoms. The number of benzene rings is 1. The summed E-state index contributed by atoms with van der Waals surface area (Å²) in [5.41, 5.74) is 3.87. The first kappa shape index (κ1) is 20.9. The number of imide groups is 1. The highest BCUT2D eigenvalue weighted by atomic mass is 19.1. The molecular weight excluding hydrogens is 411 g/mol. The van der Waals surface area contributed by atoms with E-state index >= 15 is 0 Å². The van der Waals surface area contributed by atoms with Crippen molar-refractivity contribution in [2.75, 3.05) is 12.0 Å². The van der Waals surface area contributed by atoms with Crippen LogP contribution in [-0.2, 0) is 9.59 Å². The maximum absolute atomic E-state index is 13.6. The van der Waals surface area contributed by atoms with E-state index in [0.717, 1.165) is 21.4 Å². The van der Waals surface area contributed by atoms with Crippen LogP contribution >= 0.6 is 0 Å². The third-order valence-corrected chi connectivity index (χ3v) is 4.96. The molecule has 0 radical (unpaired) electrons. The standard InChI is InChI=1S/C24H19FN4O3/c1-3-4-23(31)29(14-30)18-7-16(8-19(11-18)32-2)17-9-20-21(13-28-24(20)27-12-17)15-5-6-26-22(25)10-15/h3-14H,1-2H3,(H,27,28). The second kappa shape index (κ2) is 8.81. The zero-order valence-electron chi connectivity index (χ0n) is 17.4. The number of aromatic nitrogens is 3. The smallest absolute Gasteiger partial charge is 0.257 e. The summed E-state index contributed by atoms with van der Waals surface area (Å²) in [5.74, 6) is -0.565. The van der Waals surface area contributed by atoms with E-state index in [1.165, 1.54) is 25.4 Å². The minimum absolute atomic E-state index is 0.364. The Morgan fingerprint density at radius 2 is 1.97 bits per heavy atom. The highest BCUT2D eigenvalue weighted by molar-refractivity contribution is 6.12. The molecule has 0 aliphatic rings. The average molecular weight is 430 g/mol. The van der Waals surface area contributed by atoms with Crippen LogP contribution in [0.4, 0.5) is 10.1 Å². The molecule has 0 fully saturated rings. The van der Waals surface area contributed by atoms with Crippen LogP contribution in [0.15, 0.2) is 67.1 Å². The number of nitrogens with zero attached hydrogens (tertiary/aromatic N) is 3. The number of rotatable bonds is 6. The largest absolute Gasteiger partial charge is 0.497 e. The van der Waals surface area contributed by atoms with E-state index in [-0.39, 0.29) is 0 Å². The maximum atomic E-state index is 13.6. The molecule has 1 N–H and O–H groups in total. The van der Waals surface area contributed by atoms with Crippen LogP contribution in [-0.4, -0.2) is 34.4 Å². The van der Waals surface area contributed by atoms with Crippen LogP contribution in [0.5, 0.6) is 5.75 Å². The first-order chi connectivity index (χ1) is 15.5. The number of methoxy groups -OCH3 is 1. The second-order valence-electron chi connectivity index (χ2n) is 6.92. The summed E-state index contributed by atoms with van der Waals surface area (Å²) in [5, 5.41) is 0.787. The van der Waals surface area contributed by atoms with Gasteiger partial charge in [-0.15, -0.1) is 0 Å². The van der Waals surface area contributed by atoms with Gasteiger partial charge in [-0.1, -0.05) is 6.08 Å². The topological polar surface area (TPSA) is 88.2 Å². The van der Waals surface area contributed by atoms with Gasteiger partial charge in [-0.25, -0.2) is 14.9 Å². The molecule has 0 saturated carbocycles. The van der Waals surface area contributed by atoms with Crippen molar-refractivity contribution in [2.24, 2.45) is 0 Å². The van der Waals surface area contributed by atoms with Crippen LogP contribution in [0, 0.1) is 5.95 Å². The van der Waals surface area contributed by atoms with Crippen LogP contribution < -0.4 is 9.64 Å². The van der Waals surface area contributed by atoms with E-state index < -0.39 is 11.9 Å². The molecule has 3 heterocycles. The minimum Gasteiger partial charge on any atom is -0.497 e. The summed E-state index contributed by atoms with van der Waals surface area (Å²) in [6.07, 6.45) is 8.17. The molecule has 7 nitrogen and oxygen atoms in total. The zero-order chi connectivity index (χ0) is 22.7. The molecule has 0 saturated heterocycles. The highest BCUT2D eigenvalue weighted by Gasteiger charge is 2.16. The van der Waals surface area contributed by atoms with Gasteiger partial charge in [0, 0.05) is 47.2 Å². The monoisotopic (exact) mass is 430 g/mol. The molecule has 1 aromatic carbocycles. The number of nitrogens with one attached hydrogen (secondary N) is 1. The van der Waals surface area contributed by atoms with Gasteiger partial charge in [-0.05, 0) is 48.4 Å². The molecule has 0 atom stereocenters. The van der Waals surface area contributed by atoms with Gasteiger partial charge in [0.05, 0.1) is 12.8 Å². The Morgan fingerprint density at radius 3 is 2.69 bits per heavy atom.